The maximum absolute atomic E-state index is 5.98. The highest BCUT2D eigenvalue weighted by Gasteiger charge is 2.35. The zero-order chi connectivity index (χ0) is 10.6. The van der Waals surface area contributed by atoms with Crippen molar-refractivity contribution >= 4 is 8.32 Å². The van der Waals surface area contributed by atoms with Crippen LogP contribution >= 0.6 is 0 Å². The second kappa shape index (κ2) is 5.31. The number of hydrogen-bond donors (Lipinski definition) is 0. The third-order valence-electron chi connectivity index (χ3n) is 3.97. The number of hydrogen-bond acceptors (Lipinski definition) is 1. The Labute approximate surface area is 90.4 Å². The summed E-state index contributed by atoms with van der Waals surface area (Å²) in [4.78, 5) is 0. The first-order valence-corrected chi connectivity index (χ1v) is 9.20. The minimum absolute atomic E-state index is 0.836. The Bertz CT molecular complexity index is 162. The van der Waals surface area contributed by atoms with Crippen LogP contribution in [-0.2, 0) is 4.43 Å². The average Bonchev–Trinajstić information content (AvgIpc) is 2.18. The van der Waals surface area contributed by atoms with Gasteiger partial charge in [-0.15, -0.1) is 0 Å². The largest absolute Gasteiger partial charge is 0.417 e. The Hall–Kier alpha value is 0.177. The van der Waals surface area contributed by atoms with Gasteiger partial charge in [0.15, 0.2) is 8.32 Å². The van der Waals surface area contributed by atoms with Crippen LogP contribution in [0.25, 0.3) is 0 Å². The summed E-state index contributed by atoms with van der Waals surface area (Å²) in [5.41, 5.74) is 0.836. The van der Waals surface area contributed by atoms with E-state index in [-0.39, 0.29) is 0 Å². The first kappa shape index (κ1) is 12.2. The maximum atomic E-state index is 5.98. The normalized spacial score (nSPS) is 22.3. The first-order valence-electron chi connectivity index (χ1n) is 6.22. The van der Waals surface area contributed by atoms with Crippen LogP contribution in [0.4, 0.5) is 0 Å². The molecule has 0 saturated heterocycles. The van der Waals surface area contributed by atoms with E-state index in [9.17, 15) is 0 Å². The van der Waals surface area contributed by atoms with E-state index in [4.69, 9.17) is 4.43 Å². The molecule has 14 heavy (non-hydrogen) atoms. The van der Waals surface area contributed by atoms with E-state index in [1.807, 2.05) is 0 Å². The third-order valence-corrected chi connectivity index (χ3v) is 7.67. The van der Waals surface area contributed by atoms with Gasteiger partial charge in [0.25, 0.3) is 0 Å². The van der Waals surface area contributed by atoms with Gasteiger partial charge in [-0.3, -0.25) is 0 Å². The lowest BCUT2D eigenvalue weighted by Crippen LogP contribution is -2.39. The molecule has 0 aromatic carbocycles. The molecule has 1 aliphatic carbocycles. The van der Waals surface area contributed by atoms with Crippen LogP contribution in [0.1, 0.15) is 46.0 Å². The molecule has 84 valence electrons. The van der Waals surface area contributed by atoms with Crippen molar-refractivity contribution in [3.8, 4) is 0 Å². The predicted octanol–water partition coefficient (Wildman–Crippen LogP) is 4.20. The summed E-state index contributed by atoms with van der Waals surface area (Å²) in [6, 6.07) is 0. The van der Waals surface area contributed by atoms with Crippen molar-refractivity contribution in [3.05, 3.63) is 0 Å². The van der Waals surface area contributed by atoms with E-state index >= 15 is 0 Å². The molecule has 0 radical (unpaired) electrons. The summed E-state index contributed by atoms with van der Waals surface area (Å²) in [5.74, 6) is 0.956. The molecular weight excluding hydrogens is 188 g/mol. The van der Waals surface area contributed by atoms with Crippen LogP contribution in [0.2, 0.25) is 18.6 Å². The fraction of sp³-hybridized carbons (Fsp3) is 1.00. The van der Waals surface area contributed by atoms with Crippen LogP contribution in [0.5, 0.6) is 0 Å². The van der Waals surface area contributed by atoms with Gasteiger partial charge in [-0.25, -0.2) is 0 Å². The summed E-state index contributed by atoms with van der Waals surface area (Å²) in [5, 5.41) is 0. The molecule has 0 aliphatic heterocycles. The van der Waals surface area contributed by atoms with Crippen LogP contribution in [0.3, 0.4) is 0 Å². The Morgan fingerprint density at radius 1 is 1.21 bits per heavy atom. The highest BCUT2D eigenvalue weighted by Crippen LogP contribution is 2.39. The quantitative estimate of drug-likeness (QED) is 0.637. The second-order valence-corrected chi connectivity index (χ2v) is 9.63. The molecule has 0 spiro atoms. The molecule has 0 heterocycles. The average molecular weight is 214 g/mol. The van der Waals surface area contributed by atoms with Crippen LogP contribution in [0.15, 0.2) is 0 Å². The topological polar surface area (TPSA) is 9.23 Å². The Kier molecular flexibility index (Phi) is 4.65. The van der Waals surface area contributed by atoms with Crippen LogP contribution in [-0.4, -0.2) is 14.9 Å². The second-order valence-electron chi connectivity index (χ2n) is 5.22. The van der Waals surface area contributed by atoms with E-state index in [0.717, 1.165) is 18.1 Å². The molecule has 1 atom stereocenters. The maximum Gasteiger partial charge on any atom is 0.189 e. The summed E-state index contributed by atoms with van der Waals surface area (Å²) >= 11 is 0. The van der Waals surface area contributed by atoms with Crippen molar-refractivity contribution in [3.63, 3.8) is 0 Å². The zero-order valence-corrected chi connectivity index (χ0v) is 11.3. The summed E-state index contributed by atoms with van der Waals surface area (Å²) in [7, 11) is -1.39. The molecular formula is C12H26OSi. The van der Waals surface area contributed by atoms with Gasteiger partial charge in [0, 0.05) is 6.61 Å². The molecule has 1 rings (SSSR count). The fourth-order valence-electron chi connectivity index (χ4n) is 2.71. The molecule has 1 nitrogen and oxygen atoms in total. The van der Waals surface area contributed by atoms with E-state index in [1.165, 1.54) is 32.1 Å². The molecule has 1 saturated carbocycles. The minimum atomic E-state index is -1.39. The highest BCUT2D eigenvalue weighted by molar-refractivity contribution is 6.72. The monoisotopic (exact) mass is 214 g/mol. The molecule has 2 heteroatoms. The van der Waals surface area contributed by atoms with E-state index in [0.29, 0.717) is 0 Å². The van der Waals surface area contributed by atoms with Gasteiger partial charge in [0.2, 0.25) is 0 Å². The van der Waals surface area contributed by atoms with Crippen molar-refractivity contribution in [2.24, 2.45) is 5.92 Å². The van der Waals surface area contributed by atoms with Gasteiger partial charge in [0.05, 0.1) is 0 Å². The summed E-state index contributed by atoms with van der Waals surface area (Å²) in [6.07, 6.45) is 7.26. The lowest BCUT2D eigenvalue weighted by molar-refractivity contribution is 0.281. The van der Waals surface area contributed by atoms with E-state index in [2.05, 4.69) is 26.9 Å². The molecule has 0 amide bonds. The van der Waals surface area contributed by atoms with Gasteiger partial charge in [0.1, 0.15) is 0 Å². The molecule has 0 aromatic heterocycles. The van der Waals surface area contributed by atoms with Crippen LogP contribution < -0.4 is 0 Å². The van der Waals surface area contributed by atoms with Crippen molar-refractivity contribution in [1.29, 1.82) is 0 Å². The zero-order valence-electron chi connectivity index (χ0n) is 10.3. The van der Waals surface area contributed by atoms with Crippen molar-refractivity contribution in [2.75, 3.05) is 6.61 Å². The van der Waals surface area contributed by atoms with Crippen molar-refractivity contribution in [2.45, 2.75) is 64.6 Å². The van der Waals surface area contributed by atoms with Gasteiger partial charge < -0.3 is 4.43 Å². The number of rotatable bonds is 4. The Balaban J connectivity index is 2.48. The van der Waals surface area contributed by atoms with Gasteiger partial charge >= 0.3 is 0 Å². The molecule has 1 unspecified atom stereocenters. The predicted molar refractivity (Wildman–Crippen MR) is 65.1 cm³/mol. The minimum Gasteiger partial charge on any atom is -0.417 e. The molecule has 0 aromatic rings. The smallest absolute Gasteiger partial charge is 0.189 e. The van der Waals surface area contributed by atoms with Gasteiger partial charge in [-0.1, -0.05) is 39.0 Å². The first-order chi connectivity index (χ1) is 6.58. The van der Waals surface area contributed by atoms with Crippen LogP contribution in [0, 0.1) is 5.92 Å². The standard InChI is InChI=1S/C12H26OSi/c1-5-13-14(3,4)11(2)12-9-7-6-8-10-12/h11-12H,5-10H2,1-4H3. The lowest BCUT2D eigenvalue weighted by Gasteiger charge is -2.37. The highest BCUT2D eigenvalue weighted by atomic mass is 28.4. The molecule has 1 fully saturated rings. The van der Waals surface area contributed by atoms with E-state index in [1.54, 1.807) is 0 Å². The SMILES string of the molecule is CCO[Si](C)(C)C(C)C1CCCCC1. The van der Waals surface area contributed by atoms with Gasteiger partial charge in [-0.2, -0.15) is 0 Å². The molecule has 0 N–H and O–H groups in total. The Morgan fingerprint density at radius 3 is 2.29 bits per heavy atom. The lowest BCUT2D eigenvalue weighted by atomic mass is 9.87. The van der Waals surface area contributed by atoms with Gasteiger partial charge in [-0.05, 0) is 31.5 Å². The summed E-state index contributed by atoms with van der Waals surface area (Å²) in [6.45, 7) is 10.2. The van der Waals surface area contributed by atoms with Crippen molar-refractivity contribution < 1.29 is 4.43 Å². The molecule has 0 bridgehead atoms. The van der Waals surface area contributed by atoms with Crippen molar-refractivity contribution in [1.82, 2.24) is 0 Å². The third kappa shape index (κ3) is 3.09. The molecule has 1 aliphatic rings. The van der Waals surface area contributed by atoms with E-state index < -0.39 is 8.32 Å². The summed E-state index contributed by atoms with van der Waals surface area (Å²) < 4.78 is 5.98. The Morgan fingerprint density at radius 2 is 1.79 bits per heavy atom. The fourth-order valence-corrected chi connectivity index (χ4v) is 5.18.